The lowest BCUT2D eigenvalue weighted by atomic mass is 9.90. The average molecular weight is 307 g/mol. The van der Waals surface area contributed by atoms with Crippen molar-refractivity contribution in [1.82, 2.24) is 15.5 Å². The number of carbonyl (C=O) groups is 1. The molecule has 5 nitrogen and oxygen atoms in total. The SMILES string of the molecule is CN(C)Cc1ccc(CNC(=O)NCC(C)(C)CCO)cc1. The number of urea groups is 1. The van der Waals surface area contributed by atoms with Crippen molar-refractivity contribution < 1.29 is 9.90 Å². The zero-order chi connectivity index (χ0) is 16.6. The second-order valence-electron chi connectivity index (χ2n) is 6.73. The molecule has 0 saturated heterocycles. The molecule has 1 aromatic carbocycles. The highest BCUT2D eigenvalue weighted by Gasteiger charge is 2.17. The van der Waals surface area contributed by atoms with Crippen molar-refractivity contribution in [2.24, 2.45) is 5.41 Å². The summed E-state index contributed by atoms with van der Waals surface area (Å²) < 4.78 is 0. The fraction of sp³-hybridized carbons (Fsp3) is 0.588. The molecule has 0 atom stereocenters. The highest BCUT2D eigenvalue weighted by Crippen LogP contribution is 2.17. The first-order valence-corrected chi connectivity index (χ1v) is 7.67. The van der Waals surface area contributed by atoms with E-state index in [-0.39, 0.29) is 18.1 Å². The van der Waals surface area contributed by atoms with Gasteiger partial charge in [-0.1, -0.05) is 38.1 Å². The second kappa shape index (κ2) is 8.76. The van der Waals surface area contributed by atoms with Crippen molar-refractivity contribution in [2.45, 2.75) is 33.4 Å². The Kier molecular flexibility index (Phi) is 7.35. The van der Waals surface area contributed by atoms with Crippen molar-refractivity contribution in [1.29, 1.82) is 0 Å². The highest BCUT2D eigenvalue weighted by atomic mass is 16.3. The summed E-state index contributed by atoms with van der Waals surface area (Å²) in [5.41, 5.74) is 2.23. The Hall–Kier alpha value is -1.59. The van der Waals surface area contributed by atoms with Gasteiger partial charge >= 0.3 is 6.03 Å². The van der Waals surface area contributed by atoms with Crippen LogP contribution in [0.2, 0.25) is 0 Å². The third-order valence-electron chi connectivity index (χ3n) is 3.49. The van der Waals surface area contributed by atoms with Crippen LogP contribution in [0.25, 0.3) is 0 Å². The van der Waals surface area contributed by atoms with Crippen molar-refractivity contribution >= 4 is 6.03 Å². The van der Waals surface area contributed by atoms with E-state index in [1.807, 2.05) is 40.1 Å². The van der Waals surface area contributed by atoms with E-state index in [9.17, 15) is 4.79 Å². The molecule has 1 aromatic rings. The molecule has 0 heterocycles. The Bertz CT molecular complexity index is 455. The lowest BCUT2D eigenvalue weighted by Crippen LogP contribution is -2.40. The van der Waals surface area contributed by atoms with Gasteiger partial charge in [-0.25, -0.2) is 4.79 Å². The summed E-state index contributed by atoms with van der Waals surface area (Å²) >= 11 is 0. The number of aliphatic hydroxyl groups excluding tert-OH is 1. The minimum atomic E-state index is -0.177. The number of hydrogen-bond acceptors (Lipinski definition) is 3. The molecule has 124 valence electrons. The van der Waals surface area contributed by atoms with Crippen molar-refractivity contribution in [3.8, 4) is 0 Å². The molecule has 3 N–H and O–H groups in total. The van der Waals surface area contributed by atoms with E-state index in [4.69, 9.17) is 5.11 Å². The van der Waals surface area contributed by atoms with E-state index in [0.717, 1.165) is 12.1 Å². The van der Waals surface area contributed by atoms with Gasteiger partial charge in [-0.15, -0.1) is 0 Å². The molecule has 0 spiro atoms. The Labute approximate surface area is 133 Å². The summed E-state index contributed by atoms with van der Waals surface area (Å²) in [4.78, 5) is 13.9. The maximum absolute atomic E-state index is 11.8. The number of aliphatic hydroxyl groups is 1. The summed E-state index contributed by atoms with van der Waals surface area (Å²) in [5.74, 6) is 0. The molecule has 0 aliphatic heterocycles. The van der Waals surface area contributed by atoms with Gasteiger partial charge in [0, 0.05) is 26.2 Å². The van der Waals surface area contributed by atoms with Gasteiger partial charge in [0.25, 0.3) is 0 Å². The standard InChI is InChI=1S/C17H29N3O2/c1-17(2,9-10-21)13-19-16(22)18-11-14-5-7-15(8-6-14)12-20(3)4/h5-8,21H,9-13H2,1-4H3,(H2,18,19,22). The second-order valence-corrected chi connectivity index (χ2v) is 6.73. The van der Waals surface area contributed by atoms with Crippen molar-refractivity contribution in [3.63, 3.8) is 0 Å². The minimum Gasteiger partial charge on any atom is -0.396 e. The number of benzene rings is 1. The van der Waals surface area contributed by atoms with Crippen LogP contribution in [-0.2, 0) is 13.1 Å². The predicted molar refractivity (Wildman–Crippen MR) is 89.6 cm³/mol. The van der Waals surface area contributed by atoms with Crippen LogP contribution in [0.4, 0.5) is 4.79 Å². The van der Waals surface area contributed by atoms with Gasteiger partial charge in [-0.3, -0.25) is 0 Å². The number of amides is 2. The summed E-state index contributed by atoms with van der Waals surface area (Å²) in [6, 6.07) is 8.06. The van der Waals surface area contributed by atoms with Crippen LogP contribution in [-0.4, -0.2) is 43.3 Å². The third-order valence-corrected chi connectivity index (χ3v) is 3.49. The Morgan fingerprint density at radius 2 is 1.73 bits per heavy atom. The van der Waals surface area contributed by atoms with Gasteiger partial charge in [0.2, 0.25) is 0 Å². The lowest BCUT2D eigenvalue weighted by molar-refractivity contribution is 0.201. The molecule has 0 bridgehead atoms. The van der Waals surface area contributed by atoms with Gasteiger partial charge in [-0.2, -0.15) is 0 Å². The van der Waals surface area contributed by atoms with Gasteiger partial charge in [0.1, 0.15) is 0 Å². The molecule has 0 unspecified atom stereocenters. The summed E-state index contributed by atoms with van der Waals surface area (Å²) in [6.45, 7) is 6.14. The predicted octanol–water partition coefficient (Wildman–Crippen LogP) is 1.96. The Balaban J connectivity index is 2.35. The van der Waals surface area contributed by atoms with Crippen molar-refractivity contribution in [3.05, 3.63) is 35.4 Å². The first kappa shape index (κ1) is 18.5. The van der Waals surface area contributed by atoms with Crippen LogP contribution in [0.5, 0.6) is 0 Å². The van der Waals surface area contributed by atoms with Crippen LogP contribution >= 0.6 is 0 Å². The van der Waals surface area contributed by atoms with E-state index in [1.165, 1.54) is 5.56 Å². The van der Waals surface area contributed by atoms with Crippen LogP contribution in [0, 0.1) is 5.41 Å². The molecule has 0 aliphatic carbocycles. The molecule has 5 heteroatoms. The molecule has 0 aliphatic rings. The largest absolute Gasteiger partial charge is 0.396 e. The van der Waals surface area contributed by atoms with Gasteiger partial charge in [0.15, 0.2) is 0 Å². The molecule has 0 saturated carbocycles. The molecule has 0 fully saturated rings. The number of rotatable bonds is 8. The fourth-order valence-electron chi connectivity index (χ4n) is 2.08. The smallest absolute Gasteiger partial charge is 0.315 e. The Morgan fingerprint density at radius 3 is 2.27 bits per heavy atom. The average Bonchev–Trinajstić information content (AvgIpc) is 2.44. The van der Waals surface area contributed by atoms with E-state index >= 15 is 0 Å². The highest BCUT2D eigenvalue weighted by molar-refractivity contribution is 5.73. The molecule has 0 radical (unpaired) electrons. The maximum Gasteiger partial charge on any atom is 0.315 e. The van der Waals surface area contributed by atoms with Crippen LogP contribution < -0.4 is 10.6 Å². The number of nitrogens with one attached hydrogen (secondary N) is 2. The molecular formula is C17H29N3O2. The molecule has 1 rings (SSSR count). The first-order chi connectivity index (χ1) is 10.3. The van der Waals surface area contributed by atoms with Crippen LogP contribution in [0.15, 0.2) is 24.3 Å². The van der Waals surface area contributed by atoms with Gasteiger partial charge in [0.05, 0.1) is 0 Å². The molecular weight excluding hydrogens is 278 g/mol. The third kappa shape index (κ3) is 7.43. The number of hydrogen-bond donors (Lipinski definition) is 3. The molecule has 22 heavy (non-hydrogen) atoms. The minimum absolute atomic E-state index is 0.0973. The van der Waals surface area contributed by atoms with Gasteiger partial charge in [-0.05, 0) is 37.1 Å². The van der Waals surface area contributed by atoms with E-state index in [2.05, 4.69) is 27.7 Å². The van der Waals surface area contributed by atoms with Crippen LogP contribution in [0.1, 0.15) is 31.4 Å². The summed E-state index contributed by atoms with van der Waals surface area (Å²) in [7, 11) is 4.08. The van der Waals surface area contributed by atoms with E-state index < -0.39 is 0 Å². The molecule has 2 amide bonds. The zero-order valence-electron chi connectivity index (χ0n) is 14.1. The number of carbonyl (C=O) groups excluding carboxylic acids is 1. The quantitative estimate of drug-likeness (QED) is 0.688. The fourth-order valence-corrected chi connectivity index (χ4v) is 2.08. The molecule has 0 aromatic heterocycles. The number of nitrogens with zero attached hydrogens (tertiary/aromatic N) is 1. The van der Waals surface area contributed by atoms with Crippen molar-refractivity contribution in [2.75, 3.05) is 27.2 Å². The Morgan fingerprint density at radius 1 is 1.14 bits per heavy atom. The monoisotopic (exact) mass is 307 g/mol. The first-order valence-electron chi connectivity index (χ1n) is 7.67. The van der Waals surface area contributed by atoms with E-state index in [1.54, 1.807) is 0 Å². The summed E-state index contributed by atoms with van der Waals surface area (Å²) in [5, 5.41) is 14.7. The summed E-state index contributed by atoms with van der Waals surface area (Å²) in [6.07, 6.45) is 0.667. The zero-order valence-corrected chi connectivity index (χ0v) is 14.1. The maximum atomic E-state index is 11.8. The van der Waals surface area contributed by atoms with Gasteiger partial charge < -0.3 is 20.6 Å². The topological polar surface area (TPSA) is 64.6 Å². The normalized spacial score (nSPS) is 11.5. The van der Waals surface area contributed by atoms with E-state index in [0.29, 0.717) is 19.5 Å². The van der Waals surface area contributed by atoms with Crippen LogP contribution in [0.3, 0.4) is 0 Å². The lowest BCUT2D eigenvalue weighted by Gasteiger charge is -2.23.